The molecule has 0 bridgehead atoms. The Morgan fingerprint density at radius 2 is 1.81 bits per heavy atom. The fraction of sp³-hybridized carbons (Fsp3) is 0.938. The summed E-state index contributed by atoms with van der Waals surface area (Å²) in [6.45, 7) is 14.2. The fourth-order valence-electron chi connectivity index (χ4n) is 10.3. The van der Waals surface area contributed by atoms with Gasteiger partial charge in [-0.05, 0) is 85.9 Å². The summed E-state index contributed by atoms with van der Waals surface area (Å²) >= 11 is 0. The van der Waals surface area contributed by atoms with Gasteiger partial charge in [-0.1, -0.05) is 60.8 Å². The third-order valence-electron chi connectivity index (χ3n) is 12.3. The number of nitrogens with one attached hydrogen (secondary N) is 1. The minimum absolute atomic E-state index is 0.0280. The molecule has 1 aliphatic heterocycles. The lowest BCUT2D eigenvalue weighted by molar-refractivity contribution is -0.159. The molecule has 37 heavy (non-hydrogen) atoms. The number of amides is 1. The highest BCUT2D eigenvalue weighted by Gasteiger charge is 2.76. The van der Waals surface area contributed by atoms with Crippen LogP contribution in [0.3, 0.4) is 0 Å². The highest BCUT2D eigenvalue weighted by atomic mass is 16.6. The summed E-state index contributed by atoms with van der Waals surface area (Å²) in [5, 5.41) is 2.65. The first kappa shape index (κ1) is 27.5. The van der Waals surface area contributed by atoms with Crippen LogP contribution < -0.4 is 5.32 Å². The first-order valence-electron chi connectivity index (χ1n) is 15.7. The van der Waals surface area contributed by atoms with Gasteiger partial charge < -0.3 is 14.8 Å². The van der Waals surface area contributed by atoms with Crippen molar-refractivity contribution in [3.63, 3.8) is 0 Å². The minimum Gasteiger partial charge on any atom is -0.461 e. The highest BCUT2D eigenvalue weighted by molar-refractivity contribution is 5.81. The molecule has 0 aromatic rings. The van der Waals surface area contributed by atoms with Crippen LogP contribution in [0.2, 0.25) is 0 Å². The molecule has 1 heterocycles. The molecule has 0 radical (unpaired) electrons. The van der Waals surface area contributed by atoms with Gasteiger partial charge in [0.15, 0.2) is 0 Å². The highest BCUT2D eigenvalue weighted by Crippen LogP contribution is 2.74. The van der Waals surface area contributed by atoms with Gasteiger partial charge in [0, 0.05) is 18.3 Å². The number of epoxide rings is 1. The van der Waals surface area contributed by atoms with Crippen molar-refractivity contribution in [1.82, 2.24) is 5.32 Å². The average molecular weight is 516 g/mol. The number of fused-ring (bicyclic) bond motifs is 4. The van der Waals surface area contributed by atoms with Crippen molar-refractivity contribution in [2.24, 2.45) is 46.3 Å². The summed E-state index contributed by atoms with van der Waals surface area (Å²) in [5.41, 5.74) is 0.599. The van der Waals surface area contributed by atoms with Gasteiger partial charge in [-0.25, -0.2) is 0 Å². The molecule has 1 unspecified atom stereocenters. The molecule has 10 atom stereocenters. The van der Waals surface area contributed by atoms with Gasteiger partial charge >= 0.3 is 5.97 Å². The number of ether oxygens (including phenoxy) is 2. The molecule has 0 aromatic carbocycles. The second kappa shape index (κ2) is 10.1. The lowest BCUT2D eigenvalue weighted by atomic mass is 9.44. The van der Waals surface area contributed by atoms with Crippen molar-refractivity contribution in [2.45, 2.75) is 136 Å². The average Bonchev–Trinajstić information content (AvgIpc) is 3.43. The molecule has 1 saturated heterocycles. The van der Waals surface area contributed by atoms with E-state index in [1.54, 1.807) is 6.92 Å². The molecular weight excluding hydrogens is 462 g/mol. The molecule has 5 nitrogen and oxygen atoms in total. The van der Waals surface area contributed by atoms with E-state index in [1.165, 1.54) is 51.4 Å². The Labute approximate surface area is 225 Å². The summed E-state index contributed by atoms with van der Waals surface area (Å²) in [6, 6.07) is 0. The lowest BCUT2D eigenvalue weighted by Crippen LogP contribution is -2.59. The molecule has 4 aliphatic carbocycles. The van der Waals surface area contributed by atoms with Crippen LogP contribution in [0, 0.1) is 46.3 Å². The van der Waals surface area contributed by atoms with Gasteiger partial charge in [-0.15, -0.1) is 0 Å². The summed E-state index contributed by atoms with van der Waals surface area (Å²) in [4.78, 5) is 23.9. The molecule has 4 saturated carbocycles. The maximum absolute atomic E-state index is 12.4. The Kier molecular flexibility index (Phi) is 7.53. The normalized spacial score (nSPS) is 44.7. The molecule has 5 rings (SSSR count). The third-order valence-corrected chi connectivity index (χ3v) is 12.3. The zero-order valence-electron chi connectivity index (χ0n) is 24.4. The Morgan fingerprint density at radius 1 is 1.03 bits per heavy atom. The standard InChI is InChI=1S/C32H53NO4/c1-7-28(34)33-19-29(35)36-22-13-16-31(6)26-14-15-30(5)24(21(4)10-8-9-20(2)3)11-12-25(30)23(26)17-27-32(31,18-22)37-27/h20-27H,7-19H2,1-6H3,(H,33,34)/t21-,22+,23+,24-,25+,26+,27+,30-,31-,32?/m1/s1. The van der Waals surface area contributed by atoms with E-state index in [2.05, 4.69) is 39.9 Å². The fourth-order valence-corrected chi connectivity index (χ4v) is 10.3. The largest absolute Gasteiger partial charge is 0.461 e. The van der Waals surface area contributed by atoms with E-state index in [1.807, 2.05) is 0 Å². The predicted octanol–water partition coefficient (Wildman–Crippen LogP) is 6.68. The number of hydrogen-bond acceptors (Lipinski definition) is 4. The van der Waals surface area contributed by atoms with Crippen molar-refractivity contribution in [2.75, 3.05) is 6.54 Å². The minimum atomic E-state index is -0.314. The van der Waals surface area contributed by atoms with Crippen LogP contribution in [0.5, 0.6) is 0 Å². The maximum Gasteiger partial charge on any atom is 0.325 e. The number of carbonyl (C=O) groups is 2. The molecular formula is C32H53NO4. The van der Waals surface area contributed by atoms with Crippen LogP contribution in [0.25, 0.3) is 0 Å². The second-order valence-corrected chi connectivity index (χ2v) is 14.5. The van der Waals surface area contributed by atoms with Crippen molar-refractivity contribution < 1.29 is 19.1 Å². The van der Waals surface area contributed by atoms with Gasteiger partial charge in [0.25, 0.3) is 0 Å². The van der Waals surface area contributed by atoms with Gasteiger partial charge in [-0.3, -0.25) is 9.59 Å². The van der Waals surface area contributed by atoms with E-state index in [-0.39, 0.29) is 35.5 Å². The Morgan fingerprint density at radius 3 is 2.54 bits per heavy atom. The molecule has 5 fully saturated rings. The second-order valence-electron chi connectivity index (χ2n) is 14.5. The third kappa shape index (κ3) is 4.67. The van der Waals surface area contributed by atoms with E-state index in [0.717, 1.165) is 54.8 Å². The van der Waals surface area contributed by atoms with Crippen LogP contribution in [0.1, 0.15) is 119 Å². The monoisotopic (exact) mass is 515 g/mol. The number of rotatable bonds is 9. The van der Waals surface area contributed by atoms with E-state index in [9.17, 15) is 9.59 Å². The Balaban J connectivity index is 1.23. The summed E-state index contributed by atoms with van der Waals surface area (Å²) in [7, 11) is 0. The molecule has 1 N–H and O–H groups in total. The van der Waals surface area contributed by atoms with E-state index in [4.69, 9.17) is 9.47 Å². The first-order valence-corrected chi connectivity index (χ1v) is 15.7. The van der Waals surface area contributed by atoms with Crippen molar-refractivity contribution in [3.8, 4) is 0 Å². The molecule has 5 heteroatoms. The van der Waals surface area contributed by atoms with Crippen molar-refractivity contribution >= 4 is 11.9 Å². The molecule has 0 aromatic heterocycles. The van der Waals surface area contributed by atoms with E-state index < -0.39 is 0 Å². The van der Waals surface area contributed by atoms with Crippen molar-refractivity contribution in [3.05, 3.63) is 0 Å². The SMILES string of the molecule is CCC(=O)NCC(=O)O[C@H]1CC[C@]2(C)[C@H]3CC[C@]4(C)[C@@H]([C@H](C)CCCC(C)C)CC[C@H]4[C@@H]3C[C@@H]3OC32C1. The number of hydrogen-bond donors (Lipinski definition) is 1. The maximum atomic E-state index is 12.4. The molecule has 210 valence electrons. The quantitative estimate of drug-likeness (QED) is 0.275. The smallest absolute Gasteiger partial charge is 0.325 e. The van der Waals surface area contributed by atoms with Gasteiger partial charge in [0.05, 0.1) is 6.10 Å². The zero-order valence-corrected chi connectivity index (χ0v) is 24.4. The predicted molar refractivity (Wildman–Crippen MR) is 146 cm³/mol. The summed E-state index contributed by atoms with van der Waals surface area (Å²) in [5.74, 6) is 4.49. The van der Waals surface area contributed by atoms with Gasteiger partial charge in [0.2, 0.25) is 5.91 Å². The van der Waals surface area contributed by atoms with Crippen LogP contribution in [-0.2, 0) is 19.1 Å². The summed E-state index contributed by atoms with van der Waals surface area (Å²) in [6.07, 6.45) is 14.4. The van der Waals surface area contributed by atoms with Crippen LogP contribution in [0.4, 0.5) is 0 Å². The number of carbonyl (C=O) groups excluding carboxylic acids is 2. The van der Waals surface area contributed by atoms with Crippen molar-refractivity contribution in [1.29, 1.82) is 0 Å². The Bertz CT molecular complexity index is 873. The first-order chi connectivity index (χ1) is 17.5. The van der Waals surface area contributed by atoms with Crippen LogP contribution in [0.15, 0.2) is 0 Å². The Hall–Kier alpha value is -1.10. The lowest BCUT2D eigenvalue weighted by Gasteiger charge is -2.59. The van der Waals surface area contributed by atoms with E-state index >= 15 is 0 Å². The van der Waals surface area contributed by atoms with Gasteiger partial charge in [-0.2, -0.15) is 0 Å². The van der Waals surface area contributed by atoms with Gasteiger partial charge in [0.1, 0.15) is 18.2 Å². The molecule has 1 amide bonds. The number of esters is 1. The molecule has 1 spiro atoms. The van der Waals surface area contributed by atoms with Crippen LogP contribution in [-0.4, -0.2) is 36.2 Å². The zero-order chi connectivity index (χ0) is 26.6. The van der Waals surface area contributed by atoms with E-state index in [0.29, 0.717) is 17.9 Å². The van der Waals surface area contributed by atoms with Crippen LogP contribution >= 0.6 is 0 Å². The summed E-state index contributed by atoms with van der Waals surface area (Å²) < 4.78 is 12.5. The topological polar surface area (TPSA) is 67.9 Å². The molecule has 5 aliphatic rings.